The quantitative estimate of drug-likeness (QED) is 0.478. The highest BCUT2D eigenvalue weighted by molar-refractivity contribution is 5.96. The Hall–Kier alpha value is -3.35. The summed E-state index contributed by atoms with van der Waals surface area (Å²) in [6.45, 7) is 6.72. The summed E-state index contributed by atoms with van der Waals surface area (Å²) in [7, 11) is 0. The lowest BCUT2D eigenvalue weighted by molar-refractivity contribution is -0.117. The summed E-state index contributed by atoms with van der Waals surface area (Å²) < 4.78 is 0. The average Bonchev–Trinajstić information content (AvgIpc) is 2.71. The lowest BCUT2D eigenvalue weighted by Gasteiger charge is -2.10. The molecule has 0 spiro atoms. The minimum absolute atomic E-state index is 0.0279. The first-order valence-electron chi connectivity index (χ1n) is 10.2. The van der Waals surface area contributed by atoms with Gasteiger partial charge in [0, 0.05) is 35.6 Å². The molecule has 0 aliphatic carbocycles. The predicted octanol–water partition coefficient (Wildman–Crippen LogP) is 3.86. The Morgan fingerprint density at radius 3 is 1.87 bits per heavy atom. The molecule has 2 rings (SSSR count). The summed E-state index contributed by atoms with van der Waals surface area (Å²) in [4.78, 5) is 35.8. The van der Waals surface area contributed by atoms with E-state index >= 15 is 0 Å². The molecule has 4 N–H and O–H groups in total. The fourth-order valence-corrected chi connectivity index (χ4v) is 2.69. The van der Waals surface area contributed by atoms with Gasteiger partial charge in [-0.15, -0.1) is 0 Å². The zero-order valence-corrected chi connectivity index (χ0v) is 17.7. The summed E-state index contributed by atoms with van der Waals surface area (Å²) in [5.74, 6) is -0.0355. The first kappa shape index (κ1) is 22.9. The zero-order chi connectivity index (χ0) is 21.9. The van der Waals surface area contributed by atoms with E-state index in [1.165, 1.54) is 0 Å². The maximum atomic E-state index is 12.2. The minimum atomic E-state index is -0.198. The van der Waals surface area contributed by atoms with Gasteiger partial charge in [0.1, 0.15) is 0 Å². The van der Waals surface area contributed by atoms with Crippen molar-refractivity contribution in [1.29, 1.82) is 0 Å². The zero-order valence-electron chi connectivity index (χ0n) is 17.7. The smallest absolute Gasteiger partial charge is 0.251 e. The molecule has 0 heterocycles. The fraction of sp³-hybridized carbons (Fsp3) is 0.348. The molecular weight excluding hydrogens is 380 g/mol. The van der Waals surface area contributed by atoms with Crippen molar-refractivity contribution in [3.05, 3.63) is 54.1 Å². The second kappa shape index (κ2) is 11.6. The SMILES string of the molecule is CCCNC(=O)c1ccc(NCC(=O)Nc2ccc(NC(=O)CC(C)C)cc2)cc1. The van der Waals surface area contributed by atoms with Crippen LogP contribution in [-0.4, -0.2) is 30.8 Å². The minimum Gasteiger partial charge on any atom is -0.376 e. The first-order chi connectivity index (χ1) is 14.4. The van der Waals surface area contributed by atoms with Gasteiger partial charge in [0.05, 0.1) is 6.54 Å². The van der Waals surface area contributed by atoms with E-state index in [9.17, 15) is 14.4 Å². The van der Waals surface area contributed by atoms with Gasteiger partial charge in [-0.25, -0.2) is 0 Å². The van der Waals surface area contributed by atoms with Gasteiger partial charge in [0.15, 0.2) is 0 Å². The Balaban J connectivity index is 1.79. The largest absolute Gasteiger partial charge is 0.376 e. The Bertz CT molecular complexity index is 846. The number of amides is 3. The van der Waals surface area contributed by atoms with Gasteiger partial charge in [0.2, 0.25) is 11.8 Å². The molecule has 0 bridgehead atoms. The Labute approximate surface area is 177 Å². The summed E-state index contributed by atoms with van der Waals surface area (Å²) in [6, 6.07) is 14.0. The predicted molar refractivity (Wildman–Crippen MR) is 121 cm³/mol. The Morgan fingerprint density at radius 2 is 1.33 bits per heavy atom. The molecule has 0 radical (unpaired) electrons. The third kappa shape index (κ3) is 7.95. The highest BCUT2D eigenvalue weighted by Gasteiger charge is 2.07. The molecule has 0 atom stereocenters. The number of benzene rings is 2. The lowest BCUT2D eigenvalue weighted by Crippen LogP contribution is -2.24. The van der Waals surface area contributed by atoms with Crippen molar-refractivity contribution in [2.45, 2.75) is 33.6 Å². The van der Waals surface area contributed by atoms with Gasteiger partial charge < -0.3 is 21.3 Å². The van der Waals surface area contributed by atoms with Crippen LogP contribution in [0.4, 0.5) is 17.1 Å². The van der Waals surface area contributed by atoms with Crippen molar-refractivity contribution in [1.82, 2.24) is 5.32 Å². The van der Waals surface area contributed by atoms with Crippen molar-refractivity contribution < 1.29 is 14.4 Å². The molecule has 0 aliphatic heterocycles. The van der Waals surface area contributed by atoms with Gasteiger partial charge >= 0.3 is 0 Å². The topological polar surface area (TPSA) is 99.3 Å². The van der Waals surface area contributed by atoms with E-state index in [1.807, 2.05) is 20.8 Å². The van der Waals surface area contributed by atoms with Gasteiger partial charge in [0.25, 0.3) is 5.91 Å². The first-order valence-corrected chi connectivity index (χ1v) is 10.2. The van der Waals surface area contributed by atoms with Crippen LogP contribution >= 0.6 is 0 Å². The second-order valence-electron chi connectivity index (χ2n) is 7.46. The van der Waals surface area contributed by atoms with Crippen LogP contribution < -0.4 is 21.3 Å². The molecule has 7 nitrogen and oxygen atoms in total. The third-order valence-corrected chi connectivity index (χ3v) is 4.18. The van der Waals surface area contributed by atoms with E-state index in [0.717, 1.165) is 12.1 Å². The van der Waals surface area contributed by atoms with E-state index in [-0.39, 0.29) is 24.3 Å². The Morgan fingerprint density at radius 1 is 0.800 bits per heavy atom. The van der Waals surface area contributed by atoms with E-state index in [4.69, 9.17) is 0 Å². The van der Waals surface area contributed by atoms with Crippen LogP contribution in [0.3, 0.4) is 0 Å². The maximum absolute atomic E-state index is 12.2. The number of rotatable bonds is 10. The highest BCUT2D eigenvalue weighted by atomic mass is 16.2. The van der Waals surface area contributed by atoms with Crippen LogP contribution in [0.15, 0.2) is 48.5 Å². The summed E-state index contributed by atoms with van der Waals surface area (Å²) in [5, 5.41) is 11.5. The van der Waals surface area contributed by atoms with Crippen LogP contribution in [0, 0.1) is 5.92 Å². The van der Waals surface area contributed by atoms with E-state index < -0.39 is 0 Å². The van der Waals surface area contributed by atoms with Crippen molar-refractivity contribution >= 4 is 34.8 Å². The monoisotopic (exact) mass is 410 g/mol. The average molecular weight is 411 g/mol. The van der Waals surface area contributed by atoms with Crippen molar-refractivity contribution in [2.24, 2.45) is 5.92 Å². The molecule has 0 fully saturated rings. The molecule has 0 saturated carbocycles. The van der Waals surface area contributed by atoms with Gasteiger partial charge in [-0.05, 0) is 60.9 Å². The maximum Gasteiger partial charge on any atom is 0.251 e. The van der Waals surface area contributed by atoms with Gasteiger partial charge in [-0.2, -0.15) is 0 Å². The molecule has 0 aromatic heterocycles. The van der Waals surface area contributed by atoms with Gasteiger partial charge in [-0.1, -0.05) is 20.8 Å². The molecule has 2 aromatic rings. The molecule has 7 heteroatoms. The molecule has 160 valence electrons. The normalized spacial score (nSPS) is 10.4. The number of hydrogen-bond acceptors (Lipinski definition) is 4. The van der Waals surface area contributed by atoms with Gasteiger partial charge in [-0.3, -0.25) is 14.4 Å². The van der Waals surface area contributed by atoms with Crippen molar-refractivity contribution in [3.63, 3.8) is 0 Å². The van der Waals surface area contributed by atoms with Crippen LogP contribution in [0.1, 0.15) is 44.0 Å². The number of nitrogens with one attached hydrogen (secondary N) is 4. The number of carbonyl (C=O) groups is 3. The molecule has 2 aromatic carbocycles. The molecule has 30 heavy (non-hydrogen) atoms. The highest BCUT2D eigenvalue weighted by Crippen LogP contribution is 2.15. The van der Waals surface area contributed by atoms with Crippen LogP contribution in [0.25, 0.3) is 0 Å². The van der Waals surface area contributed by atoms with E-state index in [2.05, 4.69) is 21.3 Å². The van der Waals surface area contributed by atoms with Crippen molar-refractivity contribution in [3.8, 4) is 0 Å². The Kier molecular flexibility index (Phi) is 8.87. The van der Waals surface area contributed by atoms with Crippen molar-refractivity contribution in [2.75, 3.05) is 29.0 Å². The number of anilines is 3. The van der Waals surface area contributed by atoms with E-state index in [0.29, 0.717) is 35.8 Å². The van der Waals surface area contributed by atoms with Crippen LogP contribution in [0.2, 0.25) is 0 Å². The molecular formula is C23H30N4O3. The van der Waals surface area contributed by atoms with E-state index in [1.54, 1.807) is 48.5 Å². The summed E-state index contributed by atoms with van der Waals surface area (Å²) >= 11 is 0. The lowest BCUT2D eigenvalue weighted by atomic mass is 10.1. The molecule has 0 unspecified atom stereocenters. The van der Waals surface area contributed by atoms with Crippen LogP contribution in [0.5, 0.6) is 0 Å². The molecule has 0 aliphatic rings. The summed E-state index contributed by atoms with van der Waals surface area (Å²) in [6.07, 6.45) is 1.35. The second-order valence-corrected chi connectivity index (χ2v) is 7.46. The van der Waals surface area contributed by atoms with Crippen LogP contribution in [-0.2, 0) is 9.59 Å². The number of hydrogen-bond donors (Lipinski definition) is 4. The molecule has 3 amide bonds. The third-order valence-electron chi connectivity index (χ3n) is 4.18. The number of carbonyl (C=O) groups excluding carboxylic acids is 3. The molecule has 0 saturated heterocycles. The summed E-state index contributed by atoms with van der Waals surface area (Å²) in [5.41, 5.74) is 2.67. The standard InChI is InChI=1S/C23H30N4O3/c1-4-13-24-23(30)17-5-7-18(8-6-17)25-15-22(29)27-20-11-9-19(10-12-20)26-21(28)14-16(2)3/h5-12,16,25H,4,13-15H2,1-3H3,(H,24,30)(H,26,28)(H,27,29). The fourth-order valence-electron chi connectivity index (χ4n) is 2.69.